The van der Waals surface area contributed by atoms with Crippen molar-refractivity contribution in [3.8, 4) is 11.8 Å². The molecule has 3 nitrogen and oxygen atoms in total. The van der Waals surface area contributed by atoms with Crippen LogP contribution in [0.1, 0.15) is 17.5 Å². The van der Waals surface area contributed by atoms with E-state index >= 15 is 0 Å². The van der Waals surface area contributed by atoms with Gasteiger partial charge in [-0.25, -0.2) is 4.39 Å². The van der Waals surface area contributed by atoms with Crippen molar-refractivity contribution in [3.63, 3.8) is 0 Å². The van der Waals surface area contributed by atoms with E-state index in [1.54, 1.807) is 13.0 Å². The Balaban J connectivity index is 2.90. The number of methoxy groups -OCH3 is 1. The number of anilines is 1. The SMILES string of the molecule is COC(=O)CC#Cc1ccc(N)c(C)c1F. The third kappa shape index (κ3) is 2.74. The van der Waals surface area contributed by atoms with Crippen molar-refractivity contribution in [3.05, 3.63) is 29.1 Å². The summed E-state index contributed by atoms with van der Waals surface area (Å²) in [5.74, 6) is 4.21. The number of rotatable bonds is 1. The van der Waals surface area contributed by atoms with E-state index in [0.717, 1.165) is 0 Å². The molecule has 16 heavy (non-hydrogen) atoms. The summed E-state index contributed by atoms with van der Waals surface area (Å²) in [6.45, 7) is 1.58. The molecule has 0 aliphatic rings. The molecule has 1 aromatic rings. The number of carbonyl (C=O) groups is 1. The third-order valence-electron chi connectivity index (χ3n) is 2.11. The predicted octanol–water partition coefficient (Wildman–Crippen LogP) is 1.63. The first-order chi connectivity index (χ1) is 7.56. The molecule has 4 heteroatoms. The van der Waals surface area contributed by atoms with Gasteiger partial charge in [-0.15, -0.1) is 0 Å². The largest absolute Gasteiger partial charge is 0.468 e. The Morgan fingerprint density at radius 1 is 1.56 bits per heavy atom. The van der Waals surface area contributed by atoms with E-state index < -0.39 is 11.8 Å². The second kappa shape index (κ2) is 5.17. The van der Waals surface area contributed by atoms with E-state index in [-0.39, 0.29) is 12.0 Å². The van der Waals surface area contributed by atoms with Crippen molar-refractivity contribution in [1.82, 2.24) is 0 Å². The number of nitrogens with two attached hydrogens (primary N) is 1. The summed E-state index contributed by atoms with van der Waals surface area (Å²) >= 11 is 0. The highest BCUT2D eigenvalue weighted by Gasteiger charge is 2.05. The van der Waals surface area contributed by atoms with Gasteiger partial charge in [0.15, 0.2) is 0 Å². The fourth-order valence-electron chi connectivity index (χ4n) is 1.08. The Hall–Kier alpha value is -2.02. The second-order valence-corrected chi connectivity index (χ2v) is 3.20. The zero-order valence-electron chi connectivity index (χ0n) is 9.13. The summed E-state index contributed by atoms with van der Waals surface area (Å²) in [5.41, 5.74) is 6.51. The van der Waals surface area contributed by atoms with Gasteiger partial charge in [0.25, 0.3) is 0 Å². The number of halogens is 1. The minimum atomic E-state index is -0.447. The highest BCUT2D eigenvalue weighted by molar-refractivity contribution is 5.72. The molecule has 0 unspecified atom stereocenters. The van der Waals surface area contributed by atoms with Crippen molar-refractivity contribution < 1.29 is 13.9 Å². The van der Waals surface area contributed by atoms with E-state index in [1.165, 1.54) is 13.2 Å². The summed E-state index contributed by atoms with van der Waals surface area (Å²) in [5, 5.41) is 0. The molecule has 0 heterocycles. The van der Waals surface area contributed by atoms with Crippen LogP contribution in [0.15, 0.2) is 12.1 Å². The molecule has 0 atom stereocenters. The molecule has 0 spiro atoms. The van der Waals surface area contributed by atoms with Crippen LogP contribution < -0.4 is 5.73 Å². The lowest BCUT2D eigenvalue weighted by molar-refractivity contribution is -0.139. The minimum absolute atomic E-state index is 0.0562. The quantitative estimate of drug-likeness (QED) is 0.445. The van der Waals surface area contributed by atoms with E-state index in [1.807, 2.05) is 0 Å². The van der Waals surface area contributed by atoms with E-state index in [0.29, 0.717) is 11.3 Å². The molecule has 0 saturated carbocycles. The van der Waals surface area contributed by atoms with Crippen molar-refractivity contribution in [2.24, 2.45) is 0 Å². The van der Waals surface area contributed by atoms with Gasteiger partial charge in [-0.2, -0.15) is 0 Å². The molecule has 1 aromatic carbocycles. The maximum Gasteiger partial charge on any atom is 0.317 e. The molecule has 0 bridgehead atoms. The Labute approximate surface area is 93.4 Å². The maximum absolute atomic E-state index is 13.6. The summed E-state index contributed by atoms with van der Waals surface area (Å²) in [6.07, 6.45) is -0.0562. The Bertz CT molecular complexity index is 472. The zero-order chi connectivity index (χ0) is 12.1. The molecule has 0 aliphatic carbocycles. The van der Waals surface area contributed by atoms with Gasteiger partial charge in [0.1, 0.15) is 12.2 Å². The van der Waals surface area contributed by atoms with Crippen LogP contribution in [0.5, 0.6) is 0 Å². The Morgan fingerprint density at radius 2 is 2.25 bits per heavy atom. The molecule has 0 aliphatic heterocycles. The molecule has 0 saturated heterocycles. The highest BCUT2D eigenvalue weighted by Crippen LogP contribution is 2.17. The van der Waals surface area contributed by atoms with Crippen LogP contribution in [0, 0.1) is 24.6 Å². The van der Waals surface area contributed by atoms with Crippen molar-refractivity contribution in [2.45, 2.75) is 13.3 Å². The van der Waals surface area contributed by atoms with Crippen LogP contribution >= 0.6 is 0 Å². The smallest absolute Gasteiger partial charge is 0.317 e. The summed E-state index contributed by atoms with van der Waals surface area (Å²) < 4.78 is 18.0. The van der Waals surface area contributed by atoms with Gasteiger partial charge in [0, 0.05) is 11.3 Å². The normalized spacial score (nSPS) is 9.19. The fourth-order valence-corrected chi connectivity index (χ4v) is 1.08. The first kappa shape index (κ1) is 12.1. The Kier molecular flexibility index (Phi) is 3.90. The van der Waals surface area contributed by atoms with Crippen LogP contribution in [-0.4, -0.2) is 13.1 Å². The van der Waals surface area contributed by atoms with E-state index in [2.05, 4.69) is 16.6 Å². The number of benzene rings is 1. The van der Waals surface area contributed by atoms with Crippen LogP contribution in [0.2, 0.25) is 0 Å². The molecule has 0 fully saturated rings. The molecule has 1 rings (SSSR count). The standard InChI is InChI=1S/C12H12FNO2/c1-8-10(14)7-6-9(12(8)13)4-3-5-11(15)16-2/h6-7H,5,14H2,1-2H3. The summed E-state index contributed by atoms with van der Waals surface area (Å²) in [7, 11) is 1.28. The summed E-state index contributed by atoms with van der Waals surface area (Å²) in [4.78, 5) is 10.8. The van der Waals surface area contributed by atoms with E-state index in [4.69, 9.17) is 5.73 Å². The van der Waals surface area contributed by atoms with Crippen LogP contribution in [0.25, 0.3) is 0 Å². The number of esters is 1. The number of hydrogen-bond donors (Lipinski definition) is 1. The van der Waals surface area contributed by atoms with Crippen LogP contribution in [-0.2, 0) is 9.53 Å². The molecular formula is C12H12FNO2. The lowest BCUT2D eigenvalue weighted by Crippen LogP contribution is -1.98. The Morgan fingerprint density at radius 3 is 2.88 bits per heavy atom. The van der Waals surface area contributed by atoms with Gasteiger partial charge < -0.3 is 10.5 Å². The van der Waals surface area contributed by atoms with Gasteiger partial charge in [0.2, 0.25) is 0 Å². The van der Waals surface area contributed by atoms with E-state index in [9.17, 15) is 9.18 Å². The summed E-state index contributed by atoms with van der Waals surface area (Å²) in [6, 6.07) is 3.07. The molecule has 2 N–H and O–H groups in total. The van der Waals surface area contributed by atoms with Gasteiger partial charge in [-0.05, 0) is 19.1 Å². The number of nitrogen functional groups attached to an aromatic ring is 1. The third-order valence-corrected chi connectivity index (χ3v) is 2.11. The monoisotopic (exact) mass is 221 g/mol. The topological polar surface area (TPSA) is 52.3 Å². The average Bonchev–Trinajstić information content (AvgIpc) is 2.29. The molecular weight excluding hydrogens is 209 g/mol. The zero-order valence-corrected chi connectivity index (χ0v) is 9.13. The lowest BCUT2D eigenvalue weighted by Gasteiger charge is -2.02. The molecule has 0 amide bonds. The number of carbonyl (C=O) groups excluding carboxylic acids is 1. The van der Waals surface area contributed by atoms with Gasteiger partial charge in [-0.3, -0.25) is 4.79 Å². The predicted molar refractivity (Wildman–Crippen MR) is 59.1 cm³/mol. The van der Waals surface area contributed by atoms with Crippen LogP contribution in [0.3, 0.4) is 0 Å². The van der Waals surface area contributed by atoms with Crippen molar-refractivity contribution in [2.75, 3.05) is 12.8 Å². The molecule has 84 valence electrons. The van der Waals surface area contributed by atoms with Crippen molar-refractivity contribution in [1.29, 1.82) is 0 Å². The first-order valence-electron chi connectivity index (χ1n) is 4.66. The number of hydrogen-bond acceptors (Lipinski definition) is 3. The van der Waals surface area contributed by atoms with Crippen LogP contribution in [0.4, 0.5) is 10.1 Å². The molecule has 0 radical (unpaired) electrons. The minimum Gasteiger partial charge on any atom is -0.468 e. The lowest BCUT2D eigenvalue weighted by atomic mass is 10.1. The second-order valence-electron chi connectivity index (χ2n) is 3.20. The average molecular weight is 221 g/mol. The fraction of sp³-hybridized carbons (Fsp3) is 0.250. The van der Waals surface area contributed by atoms with Crippen molar-refractivity contribution >= 4 is 11.7 Å². The molecule has 0 aromatic heterocycles. The van der Waals surface area contributed by atoms with Gasteiger partial charge >= 0.3 is 5.97 Å². The van der Waals surface area contributed by atoms with Gasteiger partial charge in [0.05, 0.1) is 12.7 Å². The van der Waals surface area contributed by atoms with Gasteiger partial charge in [-0.1, -0.05) is 11.8 Å². The maximum atomic E-state index is 13.6. The number of ether oxygens (including phenoxy) is 1. The highest BCUT2D eigenvalue weighted by atomic mass is 19.1. The first-order valence-corrected chi connectivity index (χ1v) is 4.66.